The molecule has 7 heteroatoms. The topological polar surface area (TPSA) is 65.5 Å². The first-order valence-corrected chi connectivity index (χ1v) is 7.84. The zero-order chi connectivity index (χ0) is 17.4. The first-order chi connectivity index (χ1) is 12.2. The predicted molar refractivity (Wildman–Crippen MR) is 89.8 cm³/mol. The van der Waals surface area contributed by atoms with Gasteiger partial charge in [0, 0.05) is 6.20 Å². The Kier molecular flexibility index (Phi) is 3.68. The van der Waals surface area contributed by atoms with Gasteiger partial charge >= 0.3 is 0 Å². The summed E-state index contributed by atoms with van der Waals surface area (Å²) in [6, 6.07) is 8.66. The van der Waals surface area contributed by atoms with Crippen LogP contribution in [0.1, 0.15) is 12.5 Å². The maximum atomic E-state index is 14.3. The van der Waals surface area contributed by atoms with Crippen LogP contribution in [0.5, 0.6) is 5.75 Å². The largest absolute Gasteiger partial charge is 0.494 e. The first-order valence-electron chi connectivity index (χ1n) is 7.84. The Morgan fingerprint density at radius 2 is 2.12 bits per heavy atom. The van der Waals surface area contributed by atoms with Gasteiger partial charge in [0.05, 0.1) is 24.4 Å². The minimum Gasteiger partial charge on any atom is -0.494 e. The molecule has 0 saturated carbocycles. The maximum absolute atomic E-state index is 14.3. The van der Waals surface area contributed by atoms with E-state index in [1.165, 1.54) is 6.07 Å². The monoisotopic (exact) mass is 338 g/mol. The summed E-state index contributed by atoms with van der Waals surface area (Å²) in [5.41, 5.74) is 2.55. The minimum absolute atomic E-state index is 0.199. The highest BCUT2D eigenvalue weighted by Gasteiger charge is 2.19. The van der Waals surface area contributed by atoms with Crippen molar-refractivity contribution in [1.29, 1.82) is 0 Å². The smallest absolute Gasteiger partial charge is 0.262 e. The summed E-state index contributed by atoms with van der Waals surface area (Å²) in [5, 5.41) is 8.18. The molecule has 6 nitrogen and oxygen atoms in total. The third kappa shape index (κ3) is 2.53. The summed E-state index contributed by atoms with van der Waals surface area (Å²) in [5.74, 6) is 0.718. The third-order valence-electron chi connectivity index (χ3n) is 4.06. The van der Waals surface area contributed by atoms with Crippen LogP contribution in [0.4, 0.5) is 4.39 Å². The third-order valence-corrected chi connectivity index (χ3v) is 4.06. The molecule has 0 bridgehead atoms. The molecule has 0 fully saturated rings. The van der Waals surface area contributed by atoms with Gasteiger partial charge < -0.3 is 9.26 Å². The van der Waals surface area contributed by atoms with Crippen LogP contribution in [0.3, 0.4) is 0 Å². The Labute approximate surface area is 142 Å². The standard InChI is InChI=1S/C18H15FN4O2/c1-3-11-6-7-12(14(19)9-11)17-21-18(25-22-17)13-10-20-23-8-4-5-15(24-2)16(13)23/h4-10H,3H2,1-2H3. The Hall–Kier alpha value is -3.22. The zero-order valence-electron chi connectivity index (χ0n) is 13.7. The fraction of sp³-hybridized carbons (Fsp3) is 0.167. The van der Waals surface area contributed by atoms with Crippen molar-refractivity contribution in [3.63, 3.8) is 0 Å². The van der Waals surface area contributed by atoms with E-state index >= 15 is 0 Å². The molecule has 0 aliphatic rings. The van der Waals surface area contributed by atoms with Crippen LogP contribution >= 0.6 is 0 Å². The highest BCUT2D eigenvalue weighted by molar-refractivity contribution is 5.81. The van der Waals surface area contributed by atoms with Gasteiger partial charge in [-0.05, 0) is 36.2 Å². The quantitative estimate of drug-likeness (QED) is 0.567. The second kappa shape index (κ2) is 6.01. The van der Waals surface area contributed by atoms with E-state index in [4.69, 9.17) is 9.26 Å². The van der Waals surface area contributed by atoms with Gasteiger partial charge in [0.2, 0.25) is 5.82 Å². The number of halogens is 1. The molecule has 0 spiro atoms. The van der Waals surface area contributed by atoms with Crippen molar-refractivity contribution in [1.82, 2.24) is 19.8 Å². The molecule has 0 unspecified atom stereocenters. The molecule has 0 atom stereocenters. The summed E-state index contributed by atoms with van der Waals surface area (Å²) in [6.07, 6.45) is 4.17. The van der Waals surface area contributed by atoms with Gasteiger partial charge in [-0.1, -0.05) is 18.1 Å². The van der Waals surface area contributed by atoms with Crippen molar-refractivity contribution in [2.24, 2.45) is 0 Å². The number of aryl methyl sites for hydroxylation is 1. The molecule has 4 rings (SSSR count). The number of ether oxygens (including phenoxy) is 1. The van der Waals surface area contributed by atoms with Crippen LogP contribution in [-0.2, 0) is 6.42 Å². The Bertz CT molecular complexity index is 1050. The molecule has 126 valence electrons. The van der Waals surface area contributed by atoms with E-state index < -0.39 is 0 Å². The highest BCUT2D eigenvalue weighted by atomic mass is 19.1. The summed E-state index contributed by atoms with van der Waals surface area (Å²) in [7, 11) is 1.58. The zero-order valence-corrected chi connectivity index (χ0v) is 13.7. The van der Waals surface area contributed by atoms with Crippen molar-refractivity contribution in [2.75, 3.05) is 7.11 Å². The number of nitrogens with zero attached hydrogens (tertiary/aromatic N) is 4. The summed E-state index contributed by atoms with van der Waals surface area (Å²) >= 11 is 0. The average Bonchev–Trinajstić information content (AvgIpc) is 3.27. The molecule has 0 N–H and O–H groups in total. The number of benzene rings is 1. The maximum Gasteiger partial charge on any atom is 0.262 e. The van der Waals surface area contributed by atoms with Crippen molar-refractivity contribution in [3.8, 4) is 28.6 Å². The molecule has 3 heterocycles. The van der Waals surface area contributed by atoms with E-state index in [2.05, 4.69) is 15.2 Å². The number of hydrogen-bond acceptors (Lipinski definition) is 5. The molecule has 1 aromatic carbocycles. The number of fused-ring (bicyclic) bond motifs is 1. The number of methoxy groups -OCH3 is 1. The normalized spacial score (nSPS) is 11.2. The lowest BCUT2D eigenvalue weighted by Crippen LogP contribution is -1.91. The number of pyridine rings is 1. The number of hydrogen-bond donors (Lipinski definition) is 0. The summed E-state index contributed by atoms with van der Waals surface area (Å²) in [6.45, 7) is 1.97. The van der Waals surface area contributed by atoms with E-state index in [1.807, 2.05) is 25.1 Å². The van der Waals surface area contributed by atoms with Gasteiger partial charge in [-0.15, -0.1) is 0 Å². The van der Waals surface area contributed by atoms with Crippen molar-refractivity contribution in [3.05, 3.63) is 54.1 Å². The van der Waals surface area contributed by atoms with Crippen LogP contribution in [0.25, 0.3) is 28.4 Å². The van der Waals surface area contributed by atoms with Gasteiger partial charge in [0.15, 0.2) is 0 Å². The Morgan fingerprint density at radius 3 is 2.88 bits per heavy atom. The van der Waals surface area contributed by atoms with Gasteiger partial charge in [0.25, 0.3) is 5.89 Å². The Balaban J connectivity index is 1.80. The van der Waals surface area contributed by atoms with Crippen LogP contribution < -0.4 is 4.74 Å². The second-order valence-electron chi connectivity index (χ2n) is 5.52. The molecular weight excluding hydrogens is 323 g/mol. The van der Waals surface area contributed by atoms with Gasteiger partial charge in [0.1, 0.15) is 17.1 Å². The van der Waals surface area contributed by atoms with Crippen molar-refractivity contribution < 1.29 is 13.7 Å². The van der Waals surface area contributed by atoms with E-state index in [9.17, 15) is 4.39 Å². The van der Waals surface area contributed by atoms with E-state index in [1.54, 1.807) is 30.1 Å². The lowest BCUT2D eigenvalue weighted by molar-refractivity contribution is 0.416. The van der Waals surface area contributed by atoms with Gasteiger partial charge in [-0.25, -0.2) is 8.91 Å². The molecule has 0 aliphatic carbocycles. The van der Waals surface area contributed by atoms with Crippen LogP contribution in [-0.4, -0.2) is 26.9 Å². The van der Waals surface area contributed by atoms with E-state index in [-0.39, 0.29) is 17.5 Å². The fourth-order valence-electron chi connectivity index (χ4n) is 2.74. The molecule has 3 aromatic heterocycles. The molecule has 25 heavy (non-hydrogen) atoms. The first kappa shape index (κ1) is 15.3. The SMILES string of the molecule is CCc1ccc(-c2noc(-c3cnn4cccc(OC)c34)n2)c(F)c1. The Morgan fingerprint density at radius 1 is 1.24 bits per heavy atom. The predicted octanol–water partition coefficient (Wildman–Crippen LogP) is 3.76. The van der Waals surface area contributed by atoms with Crippen LogP contribution in [0.2, 0.25) is 0 Å². The van der Waals surface area contributed by atoms with Gasteiger partial charge in [-0.3, -0.25) is 0 Å². The lowest BCUT2D eigenvalue weighted by atomic mass is 10.1. The number of aromatic nitrogens is 4. The molecule has 0 aliphatic heterocycles. The van der Waals surface area contributed by atoms with Crippen molar-refractivity contribution >= 4 is 5.52 Å². The average molecular weight is 338 g/mol. The summed E-state index contributed by atoms with van der Waals surface area (Å²) in [4.78, 5) is 4.34. The van der Waals surface area contributed by atoms with E-state index in [0.717, 1.165) is 12.0 Å². The van der Waals surface area contributed by atoms with E-state index in [0.29, 0.717) is 22.4 Å². The second-order valence-corrected chi connectivity index (χ2v) is 5.52. The van der Waals surface area contributed by atoms with Crippen LogP contribution in [0.15, 0.2) is 47.2 Å². The molecule has 4 aromatic rings. The molecular formula is C18H15FN4O2. The fourth-order valence-corrected chi connectivity index (χ4v) is 2.74. The highest BCUT2D eigenvalue weighted by Crippen LogP contribution is 2.31. The van der Waals surface area contributed by atoms with Crippen LogP contribution in [0, 0.1) is 5.82 Å². The lowest BCUT2D eigenvalue weighted by Gasteiger charge is -2.02. The number of rotatable bonds is 4. The molecule has 0 saturated heterocycles. The van der Waals surface area contributed by atoms with Gasteiger partial charge in [-0.2, -0.15) is 10.1 Å². The molecule has 0 amide bonds. The van der Waals surface area contributed by atoms with Crippen molar-refractivity contribution in [2.45, 2.75) is 13.3 Å². The molecule has 0 radical (unpaired) electrons. The summed E-state index contributed by atoms with van der Waals surface area (Å²) < 4.78 is 26.7. The minimum atomic E-state index is -0.371.